The van der Waals surface area contributed by atoms with Crippen LogP contribution in [-0.2, 0) is 16.0 Å². The van der Waals surface area contributed by atoms with Crippen LogP contribution in [0.15, 0.2) is 35.3 Å². The summed E-state index contributed by atoms with van der Waals surface area (Å²) in [6, 6.07) is 11.3. The number of halogens is 1. The van der Waals surface area contributed by atoms with Crippen molar-refractivity contribution in [3.63, 3.8) is 0 Å². The molecule has 3 rings (SSSR count). The standard InChI is InChI=1S/C24H40N4O2.HI/c1-3-25-24(27-15-12-23(13-16-27)30-18-8-17-29-2)26-19-22-11-7-14-28(22)20-21-9-5-4-6-10-21;/h4-6,9-10,22-23H,3,7-8,11-20H2,1-2H3,(H,25,26);1H. The van der Waals surface area contributed by atoms with Crippen LogP contribution in [0.25, 0.3) is 0 Å². The summed E-state index contributed by atoms with van der Waals surface area (Å²) in [5.41, 5.74) is 1.40. The number of piperidine rings is 1. The highest BCUT2D eigenvalue weighted by atomic mass is 127. The van der Waals surface area contributed by atoms with Gasteiger partial charge in [0.05, 0.1) is 12.6 Å². The molecule has 1 aromatic rings. The third-order valence-corrected chi connectivity index (χ3v) is 6.10. The molecule has 0 bridgehead atoms. The molecule has 0 aromatic heterocycles. The highest BCUT2D eigenvalue weighted by Crippen LogP contribution is 2.21. The number of hydrogen-bond donors (Lipinski definition) is 1. The van der Waals surface area contributed by atoms with Gasteiger partial charge in [0.15, 0.2) is 5.96 Å². The van der Waals surface area contributed by atoms with Gasteiger partial charge in [-0.15, -0.1) is 24.0 Å². The molecule has 6 nitrogen and oxygen atoms in total. The van der Waals surface area contributed by atoms with Crippen LogP contribution in [0.3, 0.4) is 0 Å². The Kier molecular flexibility index (Phi) is 12.8. The Bertz CT molecular complexity index is 623. The molecule has 2 heterocycles. The minimum atomic E-state index is 0. The number of rotatable bonds is 10. The summed E-state index contributed by atoms with van der Waals surface area (Å²) in [6.45, 7) is 9.75. The van der Waals surface area contributed by atoms with E-state index in [2.05, 4.69) is 52.4 Å². The first-order chi connectivity index (χ1) is 14.8. The van der Waals surface area contributed by atoms with Gasteiger partial charge < -0.3 is 19.7 Å². The van der Waals surface area contributed by atoms with Crippen molar-refractivity contribution < 1.29 is 9.47 Å². The van der Waals surface area contributed by atoms with Crippen molar-refractivity contribution >= 4 is 29.9 Å². The monoisotopic (exact) mass is 544 g/mol. The molecule has 1 N–H and O–H groups in total. The Balaban J connectivity index is 0.00000341. The van der Waals surface area contributed by atoms with Gasteiger partial charge in [-0.25, -0.2) is 0 Å². The van der Waals surface area contributed by atoms with E-state index in [0.717, 1.165) is 71.2 Å². The summed E-state index contributed by atoms with van der Waals surface area (Å²) < 4.78 is 11.1. The van der Waals surface area contributed by atoms with Gasteiger partial charge in [0, 0.05) is 52.5 Å². The lowest BCUT2D eigenvalue weighted by atomic mass is 10.1. The van der Waals surface area contributed by atoms with E-state index in [-0.39, 0.29) is 24.0 Å². The molecule has 1 unspecified atom stereocenters. The number of nitrogens with one attached hydrogen (secondary N) is 1. The van der Waals surface area contributed by atoms with Crippen molar-refractivity contribution in [3.8, 4) is 0 Å². The molecule has 0 amide bonds. The van der Waals surface area contributed by atoms with E-state index >= 15 is 0 Å². The lowest BCUT2D eigenvalue weighted by molar-refractivity contribution is 0.00989. The van der Waals surface area contributed by atoms with Gasteiger partial charge in [-0.3, -0.25) is 9.89 Å². The summed E-state index contributed by atoms with van der Waals surface area (Å²) >= 11 is 0. The van der Waals surface area contributed by atoms with Crippen LogP contribution in [0.1, 0.15) is 44.6 Å². The topological polar surface area (TPSA) is 49.3 Å². The number of likely N-dealkylation sites (tertiary alicyclic amines) is 2. The third-order valence-electron chi connectivity index (χ3n) is 6.10. The van der Waals surface area contributed by atoms with Crippen LogP contribution in [0, 0.1) is 0 Å². The van der Waals surface area contributed by atoms with Crippen molar-refractivity contribution in [2.24, 2.45) is 4.99 Å². The summed E-state index contributed by atoms with van der Waals surface area (Å²) in [6.07, 6.45) is 6.00. The van der Waals surface area contributed by atoms with Crippen LogP contribution < -0.4 is 5.32 Å². The number of aliphatic imine (C=N–C) groups is 1. The molecular weight excluding hydrogens is 503 g/mol. The molecule has 1 atom stereocenters. The summed E-state index contributed by atoms with van der Waals surface area (Å²) in [7, 11) is 1.74. The number of ether oxygens (including phenoxy) is 2. The number of guanidine groups is 1. The van der Waals surface area contributed by atoms with Crippen LogP contribution in [0.5, 0.6) is 0 Å². The van der Waals surface area contributed by atoms with Crippen LogP contribution >= 0.6 is 24.0 Å². The first-order valence-electron chi connectivity index (χ1n) is 11.7. The fourth-order valence-electron chi connectivity index (χ4n) is 4.43. The molecule has 1 aromatic carbocycles. The largest absolute Gasteiger partial charge is 0.385 e. The molecule has 31 heavy (non-hydrogen) atoms. The Labute approximate surface area is 205 Å². The average molecular weight is 545 g/mol. The molecule has 0 spiro atoms. The van der Waals surface area contributed by atoms with Crippen molar-refractivity contribution in [1.82, 2.24) is 15.1 Å². The van der Waals surface area contributed by atoms with Crippen LogP contribution in [-0.4, -0.2) is 81.0 Å². The van der Waals surface area contributed by atoms with Crippen LogP contribution in [0.4, 0.5) is 0 Å². The highest BCUT2D eigenvalue weighted by Gasteiger charge is 2.26. The lowest BCUT2D eigenvalue weighted by Gasteiger charge is -2.34. The lowest BCUT2D eigenvalue weighted by Crippen LogP contribution is -2.47. The number of methoxy groups -OCH3 is 1. The molecule has 0 radical (unpaired) electrons. The van der Waals surface area contributed by atoms with Crippen molar-refractivity contribution in [3.05, 3.63) is 35.9 Å². The first kappa shape index (κ1) is 26.4. The zero-order chi connectivity index (χ0) is 21.0. The van der Waals surface area contributed by atoms with E-state index in [1.165, 1.54) is 24.9 Å². The van der Waals surface area contributed by atoms with Crippen molar-refractivity contribution in [2.45, 2.75) is 57.7 Å². The maximum absolute atomic E-state index is 6.01. The smallest absolute Gasteiger partial charge is 0.193 e. The number of hydrogen-bond acceptors (Lipinski definition) is 4. The van der Waals surface area contributed by atoms with Gasteiger partial charge in [-0.2, -0.15) is 0 Å². The quantitative estimate of drug-likeness (QED) is 0.211. The van der Waals surface area contributed by atoms with Crippen LogP contribution in [0.2, 0.25) is 0 Å². The molecular formula is C24H41IN4O2. The second-order valence-electron chi connectivity index (χ2n) is 8.35. The number of nitrogens with zero attached hydrogens (tertiary/aromatic N) is 3. The molecule has 2 fully saturated rings. The molecule has 7 heteroatoms. The third kappa shape index (κ3) is 8.86. The first-order valence-corrected chi connectivity index (χ1v) is 11.7. The van der Waals surface area contributed by atoms with Crippen molar-refractivity contribution in [2.75, 3.05) is 53.0 Å². The number of benzene rings is 1. The average Bonchev–Trinajstić information content (AvgIpc) is 3.22. The molecule has 2 saturated heterocycles. The zero-order valence-corrected chi connectivity index (χ0v) is 21.6. The van der Waals surface area contributed by atoms with E-state index in [9.17, 15) is 0 Å². The second-order valence-corrected chi connectivity index (χ2v) is 8.35. The SMILES string of the molecule is CCNC(=NCC1CCCN1Cc1ccccc1)N1CCC(OCCCOC)CC1.I. The van der Waals surface area contributed by atoms with Gasteiger partial charge in [-0.1, -0.05) is 30.3 Å². The van der Waals surface area contributed by atoms with E-state index in [0.29, 0.717) is 12.1 Å². The maximum Gasteiger partial charge on any atom is 0.193 e. The Morgan fingerprint density at radius 1 is 1.10 bits per heavy atom. The summed E-state index contributed by atoms with van der Waals surface area (Å²) in [5.74, 6) is 1.07. The van der Waals surface area contributed by atoms with Gasteiger partial charge in [0.2, 0.25) is 0 Å². The minimum absolute atomic E-state index is 0. The van der Waals surface area contributed by atoms with E-state index in [1.54, 1.807) is 7.11 Å². The Morgan fingerprint density at radius 3 is 2.58 bits per heavy atom. The van der Waals surface area contributed by atoms with E-state index < -0.39 is 0 Å². The van der Waals surface area contributed by atoms with Gasteiger partial charge in [0.1, 0.15) is 0 Å². The highest BCUT2D eigenvalue weighted by molar-refractivity contribution is 14.0. The minimum Gasteiger partial charge on any atom is -0.385 e. The predicted octanol–water partition coefficient (Wildman–Crippen LogP) is 3.75. The normalized spacial score (nSPS) is 20.6. The molecule has 0 saturated carbocycles. The Morgan fingerprint density at radius 2 is 1.87 bits per heavy atom. The van der Waals surface area contributed by atoms with Gasteiger partial charge >= 0.3 is 0 Å². The van der Waals surface area contributed by atoms with Gasteiger partial charge in [0.25, 0.3) is 0 Å². The zero-order valence-electron chi connectivity index (χ0n) is 19.3. The maximum atomic E-state index is 6.01. The van der Waals surface area contributed by atoms with Gasteiger partial charge in [-0.05, 0) is 51.1 Å². The fourth-order valence-corrected chi connectivity index (χ4v) is 4.43. The molecule has 2 aliphatic heterocycles. The summed E-state index contributed by atoms with van der Waals surface area (Å²) in [4.78, 5) is 10.1. The molecule has 0 aliphatic carbocycles. The fraction of sp³-hybridized carbons (Fsp3) is 0.708. The second kappa shape index (κ2) is 15.0. The van der Waals surface area contributed by atoms with E-state index in [1.807, 2.05) is 0 Å². The summed E-state index contributed by atoms with van der Waals surface area (Å²) in [5, 5.41) is 3.52. The predicted molar refractivity (Wildman–Crippen MR) is 138 cm³/mol. The molecule has 176 valence electrons. The molecule has 2 aliphatic rings. The van der Waals surface area contributed by atoms with Crippen molar-refractivity contribution in [1.29, 1.82) is 0 Å². The van der Waals surface area contributed by atoms with E-state index in [4.69, 9.17) is 14.5 Å². The Hall–Kier alpha value is -0.900.